The largest absolute Gasteiger partial charge is 0.383 e. The highest BCUT2D eigenvalue weighted by Gasteiger charge is 2.35. The van der Waals surface area contributed by atoms with Gasteiger partial charge in [-0.2, -0.15) is 5.10 Å². The maximum atomic E-state index is 13.4. The van der Waals surface area contributed by atoms with Crippen LogP contribution in [-0.2, 0) is 16.6 Å². The lowest BCUT2D eigenvalue weighted by Gasteiger charge is -2.26. The van der Waals surface area contributed by atoms with Gasteiger partial charge in [0.15, 0.2) is 0 Å². The quantitative estimate of drug-likeness (QED) is 0.520. The van der Waals surface area contributed by atoms with Crippen molar-refractivity contribution in [3.05, 3.63) is 68.8 Å². The Hall–Kier alpha value is -2.75. The van der Waals surface area contributed by atoms with Gasteiger partial charge >= 0.3 is 0 Å². The van der Waals surface area contributed by atoms with Crippen molar-refractivity contribution in [2.75, 3.05) is 26.8 Å². The van der Waals surface area contributed by atoms with Crippen LogP contribution in [0, 0.1) is 0 Å². The fourth-order valence-corrected chi connectivity index (χ4v) is 5.04. The number of hydrogen-bond acceptors (Lipinski definition) is 6. The van der Waals surface area contributed by atoms with Gasteiger partial charge in [0.1, 0.15) is 12.6 Å². The predicted molar refractivity (Wildman–Crippen MR) is 123 cm³/mol. The van der Waals surface area contributed by atoms with E-state index in [9.17, 15) is 9.59 Å². The average molecular weight is 457 g/mol. The number of carbonyl (C=O) groups is 2. The van der Waals surface area contributed by atoms with Crippen molar-refractivity contribution < 1.29 is 14.3 Å². The van der Waals surface area contributed by atoms with Gasteiger partial charge in [-0.3, -0.25) is 9.59 Å². The summed E-state index contributed by atoms with van der Waals surface area (Å²) >= 11 is 2.98. The van der Waals surface area contributed by atoms with E-state index < -0.39 is 0 Å². The number of carbonyl (C=O) groups excluding carboxylic acids is 2. The highest BCUT2D eigenvalue weighted by Crippen LogP contribution is 2.34. The van der Waals surface area contributed by atoms with Crippen molar-refractivity contribution in [2.24, 2.45) is 12.1 Å². The molecule has 162 valence electrons. The molecule has 2 amide bonds. The lowest BCUT2D eigenvalue weighted by Crippen LogP contribution is -2.42. The van der Waals surface area contributed by atoms with Crippen LogP contribution in [0.25, 0.3) is 0 Å². The highest BCUT2D eigenvalue weighted by atomic mass is 32.1. The number of hydrogen-bond donors (Lipinski definition) is 0. The van der Waals surface area contributed by atoms with Crippen LogP contribution >= 0.6 is 22.7 Å². The third-order valence-corrected chi connectivity index (χ3v) is 6.98. The van der Waals surface area contributed by atoms with Crippen molar-refractivity contribution in [2.45, 2.75) is 12.5 Å². The first-order valence-corrected chi connectivity index (χ1v) is 11.7. The standard InChI is InChI=1S/C22H24N4O3S2/c1-24-9-3-6-17(24)18-14-16(19-7-4-12-30-19)23-26(18)21(27)15-25(10-11-29-2)22(28)20-8-5-13-31-20/h3-9,12-13,18H,10-11,14-15H2,1-2H3. The van der Waals surface area contributed by atoms with E-state index in [2.05, 4.69) is 0 Å². The molecule has 0 bridgehead atoms. The Kier molecular flexibility index (Phi) is 6.64. The average Bonchev–Trinajstić information content (AvgIpc) is 3.55. The minimum Gasteiger partial charge on any atom is -0.383 e. The van der Waals surface area contributed by atoms with Gasteiger partial charge in [0.05, 0.1) is 22.1 Å². The second kappa shape index (κ2) is 9.59. The van der Waals surface area contributed by atoms with Gasteiger partial charge in [0.2, 0.25) is 0 Å². The van der Waals surface area contributed by atoms with E-state index in [0.717, 1.165) is 16.3 Å². The van der Waals surface area contributed by atoms with E-state index in [1.807, 2.05) is 58.9 Å². The molecular formula is C22H24N4O3S2. The zero-order valence-electron chi connectivity index (χ0n) is 17.4. The summed E-state index contributed by atoms with van der Waals surface area (Å²) in [4.78, 5) is 29.6. The Bertz CT molecular complexity index is 1060. The smallest absolute Gasteiger partial charge is 0.264 e. The van der Waals surface area contributed by atoms with Crippen LogP contribution in [0.4, 0.5) is 0 Å². The zero-order chi connectivity index (χ0) is 21.8. The summed E-state index contributed by atoms with van der Waals surface area (Å²) in [6.45, 7) is 0.640. The molecule has 0 spiro atoms. The molecule has 3 aromatic rings. The molecule has 4 heterocycles. The van der Waals surface area contributed by atoms with Crippen LogP contribution in [0.15, 0.2) is 58.5 Å². The summed E-state index contributed by atoms with van der Waals surface area (Å²) in [6.07, 6.45) is 2.60. The fourth-order valence-electron chi connectivity index (χ4n) is 3.63. The summed E-state index contributed by atoms with van der Waals surface area (Å²) in [6, 6.07) is 11.4. The predicted octanol–water partition coefficient (Wildman–Crippen LogP) is 3.61. The van der Waals surface area contributed by atoms with E-state index >= 15 is 0 Å². The van der Waals surface area contributed by atoms with Crippen molar-refractivity contribution >= 4 is 40.2 Å². The highest BCUT2D eigenvalue weighted by molar-refractivity contribution is 7.12. The number of nitrogens with zero attached hydrogens (tertiary/aromatic N) is 4. The Labute approximate surface area is 189 Å². The van der Waals surface area contributed by atoms with Crippen LogP contribution in [0.3, 0.4) is 0 Å². The molecule has 1 atom stereocenters. The van der Waals surface area contributed by atoms with Crippen LogP contribution < -0.4 is 0 Å². The SMILES string of the molecule is COCCN(CC(=O)N1N=C(c2cccs2)CC1c1cccn1C)C(=O)c1cccs1. The van der Waals surface area contributed by atoms with E-state index in [1.165, 1.54) is 11.3 Å². The topological polar surface area (TPSA) is 67.1 Å². The molecule has 0 N–H and O–H groups in total. The summed E-state index contributed by atoms with van der Waals surface area (Å²) in [5.74, 6) is -0.378. The number of amides is 2. The second-order valence-corrected chi connectivity index (χ2v) is 9.12. The lowest BCUT2D eigenvalue weighted by atomic mass is 10.1. The van der Waals surface area contributed by atoms with Gasteiger partial charge in [0, 0.05) is 39.0 Å². The minimum atomic E-state index is -0.209. The summed E-state index contributed by atoms with van der Waals surface area (Å²) in [7, 11) is 3.55. The molecule has 0 aliphatic carbocycles. The minimum absolute atomic E-state index is 0.0533. The monoisotopic (exact) mass is 456 g/mol. The lowest BCUT2D eigenvalue weighted by molar-refractivity contribution is -0.134. The van der Waals surface area contributed by atoms with Gasteiger partial charge in [-0.25, -0.2) is 5.01 Å². The molecule has 1 aliphatic heterocycles. The maximum absolute atomic E-state index is 13.4. The van der Waals surface area contributed by atoms with E-state index in [4.69, 9.17) is 9.84 Å². The number of methoxy groups -OCH3 is 1. The van der Waals surface area contributed by atoms with Crippen LogP contribution in [0.2, 0.25) is 0 Å². The van der Waals surface area contributed by atoms with Gasteiger partial charge in [0.25, 0.3) is 11.8 Å². The van der Waals surface area contributed by atoms with Gasteiger partial charge in [-0.05, 0) is 35.0 Å². The second-order valence-electron chi connectivity index (χ2n) is 7.22. The fraction of sp³-hybridized carbons (Fsp3) is 0.318. The third-order valence-electron chi connectivity index (χ3n) is 5.21. The van der Waals surface area contributed by atoms with E-state index in [0.29, 0.717) is 24.4 Å². The number of ether oxygens (including phenoxy) is 1. The van der Waals surface area contributed by atoms with Gasteiger partial charge < -0.3 is 14.2 Å². The van der Waals surface area contributed by atoms with Gasteiger partial charge in [-0.15, -0.1) is 22.7 Å². The first kappa shape index (κ1) is 21.5. The van der Waals surface area contributed by atoms with E-state index in [-0.39, 0.29) is 24.4 Å². The Balaban J connectivity index is 1.59. The Morgan fingerprint density at radius 3 is 2.65 bits per heavy atom. The molecule has 1 unspecified atom stereocenters. The number of rotatable bonds is 8. The van der Waals surface area contributed by atoms with Crippen molar-refractivity contribution in [1.82, 2.24) is 14.5 Å². The normalized spacial score (nSPS) is 15.9. The van der Waals surface area contributed by atoms with E-state index in [1.54, 1.807) is 34.4 Å². The molecule has 0 aromatic carbocycles. The Morgan fingerprint density at radius 1 is 1.19 bits per heavy atom. The van der Waals surface area contributed by atoms with Gasteiger partial charge in [-0.1, -0.05) is 12.1 Å². The molecule has 1 aliphatic rings. The third kappa shape index (κ3) is 4.63. The summed E-state index contributed by atoms with van der Waals surface area (Å²) in [5.41, 5.74) is 1.90. The Morgan fingerprint density at radius 2 is 2.00 bits per heavy atom. The number of thiophene rings is 2. The van der Waals surface area contributed by atoms with Crippen molar-refractivity contribution in [3.8, 4) is 0 Å². The number of hydrazone groups is 1. The molecule has 3 aromatic heterocycles. The molecule has 0 saturated carbocycles. The zero-order valence-corrected chi connectivity index (χ0v) is 19.1. The van der Waals surface area contributed by atoms with Crippen LogP contribution in [-0.4, -0.2) is 58.8 Å². The molecule has 9 heteroatoms. The molecular weight excluding hydrogens is 432 g/mol. The molecule has 4 rings (SSSR count). The van der Waals surface area contributed by atoms with Crippen LogP contribution in [0.1, 0.15) is 32.7 Å². The maximum Gasteiger partial charge on any atom is 0.264 e. The van der Waals surface area contributed by atoms with Crippen LogP contribution in [0.5, 0.6) is 0 Å². The summed E-state index contributed by atoms with van der Waals surface area (Å²) < 4.78 is 7.18. The number of aromatic nitrogens is 1. The molecule has 0 radical (unpaired) electrons. The first-order chi connectivity index (χ1) is 15.1. The summed E-state index contributed by atoms with van der Waals surface area (Å²) in [5, 5.41) is 10.1. The number of aryl methyl sites for hydroxylation is 1. The molecule has 0 saturated heterocycles. The van der Waals surface area contributed by atoms with Crippen molar-refractivity contribution in [1.29, 1.82) is 0 Å². The first-order valence-electron chi connectivity index (χ1n) is 9.95. The van der Waals surface area contributed by atoms with Crippen molar-refractivity contribution in [3.63, 3.8) is 0 Å². The molecule has 31 heavy (non-hydrogen) atoms. The molecule has 7 nitrogen and oxygen atoms in total. The molecule has 0 fully saturated rings.